The zero-order valence-electron chi connectivity index (χ0n) is 6.82. The predicted molar refractivity (Wildman–Crippen MR) is 35.2 cm³/mol. The Kier molecular flexibility index (Phi) is 3.11. The van der Waals surface area contributed by atoms with Crippen LogP contribution in [-0.4, -0.2) is 34.2 Å². The van der Waals surface area contributed by atoms with Crippen molar-refractivity contribution in [2.45, 2.75) is 12.8 Å². The summed E-state index contributed by atoms with van der Waals surface area (Å²) in [7, 11) is 7.23. The molecule has 0 heterocycles. The molecule has 3 nitrogen and oxygen atoms in total. The Labute approximate surface area is 56.6 Å². The standard InChI is InChI=1S/C6H15NO2/c1-6(8-4,9-5)7(2)3/h1-5H3/p+1. The molecule has 0 aliphatic rings. The Bertz CT molecular complexity index is 79.1. The Morgan fingerprint density at radius 1 is 1.11 bits per heavy atom. The first-order valence-electron chi connectivity index (χ1n) is 2.97. The highest BCUT2D eigenvalue weighted by Crippen LogP contribution is 1.96. The number of hydrogen-bond donors (Lipinski definition) is 1. The van der Waals surface area contributed by atoms with Crippen molar-refractivity contribution in [2.75, 3.05) is 28.3 Å². The summed E-state index contributed by atoms with van der Waals surface area (Å²) in [6.07, 6.45) is 0. The molecule has 0 aromatic rings. The molecular weight excluding hydrogens is 118 g/mol. The molecule has 0 aliphatic heterocycles. The maximum absolute atomic E-state index is 5.09. The monoisotopic (exact) mass is 134 g/mol. The first-order chi connectivity index (χ1) is 4.06. The van der Waals surface area contributed by atoms with E-state index in [9.17, 15) is 0 Å². The van der Waals surface area contributed by atoms with Crippen LogP contribution in [-0.2, 0) is 9.47 Å². The van der Waals surface area contributed by atoms with Gasteiger partial charge in [0.05, 0.1) is 14.1 Å². The van der Waals surface area contributed by atoms with Gasteiger partial charge in [0.2, 0.25) is 0 Å². The normalized spacial score (nSPS) is 12.7. The summed E-state index contributed by atoms with van der Waals surface area (Å²) in [5, 5.41) is 0. The summed E-state index contributed by atoms with van der Waals surface area (Å²) >= 11 is 0. The third-order valence-corrected chi connectivity index (χ3v) is 1.69. The second kappa shape index (κ2) is 3.15. The minimum absolute atomic E-state index is 0.500. The highest BCUT2D eigenvalue weighted by Gasteiger charge is 2.29. The van der Waals surface area contributed by atoms with Crippen molar-refractivity contribution in [1.29, 1.82) is 0 Å². The number of ether oxygens (including phenoxy) is 2. The molecule has 0 saturated carbocycles. The zero-order valence-corrected chi connectivity index (χ0v) is 6.82. The SMILES string of the molecule is COC(C)(OC)[NH+](C)C. The summed E-state index contributed by atoms with van der Waals surface area (Å²) in [5.41, 5.74) is 0. The van der Waals surface area contributed by atoms with Gasteiger partial charge in [-0.25, -0.2) is 0 Å². The second-order valence-electron chi connectivity index (χ2n) is 2.35. The average Bonchev–Trinajstić information content (AvgIpc) is 1.86. The fraction of sp³-hybridized carbons (Fsp3) is 1.00. The number of methoxy groups -OCH3 is 2. The highest BCUT2D eigenvalue weighted by atomic mass is 16.7. The lowest BCUT2D eigenvalue weighted by Crippen LogP contribution is -3.15. The number of rotatable bonds is 3. The van der Waals surface area contributed by atoms with E-state index in [1.54, 1.807) is 14.2 Å². The summed E-state index contributed by atoms with van der Waals surface area (Å²) < 4.78 is 10.2. The maximum Gasteiger partial charge on any atom is 0.313 e. The van der Waals surface area contributed by atoms with Gasteiger partial charge in [-0.2, -0.15) is 0 Å². The topological polar surface area (TPSA) is 22.9 Å². The number of nitrogens with one attached hydrogen (secondary N) is 1. The molecule has 0 aromatic carbocycles. The molecule has 0 spiro atoms. The predicted octanol–water partition coefficient (Wildman–Crippen LogP) is -0.903. The number of hydrogen-bond acceptors (Lipinski definition) is 2. The van der Waals surface area contributed by atoms with Crippen molar-refractivity contribution in [3.8, 4) is 0 Å². The molecule has 0 bridgehead atoms. The van der Waals surface area contributed by atoms with Crippen LogP contribution in [0.15, 0.2) is 0 Å². The lowest BCUT2D eigenvalue weighted by molar-refractivity contribution is -0.971. The Balaban J connectivity index is 3.92. The first kappa shape index (κ1) is 8.88. The van der Waals surface area contributed by atoms with Crippen LogP contribution in [0.3, 0.4) is 0 Å². The summed E-state index contributed by atoms with van der Waals surface area (Å²) in [6, 6.07) is 0. The molecule has 1 N–H and O–H groups in total. The molecular formula is C6H16NO2+. The molecule has 0 fully saturated rings. The van der Waals surface area contributed by atoms with Crippen LogP contribution < -0.4 is 4.90 Å². The van der Waals surface area contributed by atoms with Gasteiger partial charge >= 0.3 is 5.91 Å². The van der Waals surface area contributed by atoms with Crippen LogP contribution in [0.2, 0.25) is 0 Å². The van der Waals surface area contributed by atoms with Gasteiger partial charge < -0.3 is 9.47 Å². The second-order valence-corrected chi connectivity index (χ2v) is 2.35. The van der Waals surface area contributed by atoms with E-state index in [0.29, 0.717) is 0 Å². The van der Waals surface area contributed by atoms with Crippen molar-refractivity contribution >= 4 is 0 Å². The van der Waals surface area contributed by atoms with E-state index in [1.807, 2.05) is 21.0 Å². The molecule has 0 amide bonds. The van der Waals surface area contributed by atoms with Gasteiger partial charge in [-0.15, -0.1) is 0 Å². The van der Waals surface area contributed by atoms with Crippen molar-refractivity contribution in [3.05, 3.63) is 0 Å². The smallest absolute Gasteiger partial charge is 0.307 e. The van der Waals surface area contributed by atoms with E-state index in [0.717, 1.165) is 4.90 Å². The Morgan fingerprint density at radius 2 is 1.44 bits per heavy atom. The van der Waals surface area contributed by atoms with Gasteiger partial charge in [0.15, 0.2) is 0 Å². The number of quaternary nitrogens is 1. The minimum atomic E-state index is -0.500. The van der Waals surface area contributed by atoms with E-state index < -0.39 is 5.91 Å². The van der Waals surface area contributed by atoms with Crippen LogP contribution in [0.5, 0.6) is 0 Å². The first-order valence-corrected chi connectivity index (χ1v) is 2.97. The molecule has 9 heavy (non-hydrogen) atoms. The van der Waals surface area contributed by atoms with Gasteiger partial charge in [0.25, 0.3) is 0 Å². The van der Waals surface area contributed by atoms with Gasteiger partial charge in [0, 0.05) is 21.1 Å². The maximum atomic E-state index is 5.09. The molecule has 0 aliphatic carbocycles. The van der Waals surface area contributed by atoms with Gasteiger partial charge in [0.1, 0.15) is 0 Å². The molecule has 0 radical (unpaired) electrons. The Morgan fingerprint density at radius 3 is 1.44 bits per heavy atom. The third-order valence-electron chi connectivity index (χ3n) is 1.69. The molecule has 3 heteroatoms. The molecule has 0 atom stereocenters. The molecule has 0 unspecified atom stereocenters. The summed E-state index contributed by atoms with van der Waals surface area (Å²) in [4.78, 5) is 1.12. The lowest BCUT2D eigenvalue weighted by Gasteiger charge is -2.28. The summed E-state index contributed by atoms with van der Waals surface area (Å²) in [6.45, 7) is 1.89. The van der Waals surface area contributed by atoms with Gasteiger partial charge in [-0.05, 0) is 0 Å². The van der Waals surface area contributed by atoms with E-state index in [2.05, 4.69) is 0 Å². The summed E-state index contributed by atoms with van der Waals surface area (Å²) in [5.74, 6) is -0.500. The van der Waals surface area contributed by atoms with E-state index in [1.165, 1.54) is 0 Å². The molecule has 0 rings (SSSR count). The minimum Gasteiger partial charge on any atom is -0.307 e. The van der Waals surface area contributed by atoms with Crippen molar-refractivity contribution < 1.29 is 14.4 Å². The highest BCUT2D eigenvalue weighted by molar-refractivity contribution is 4.36. The van der Waals surface area contributed by atoms with Gasteiger partial charge in [-0.3, -0.25) is 4.90 Å². The third kappa shape index (κ3) is 1.93. The fourth-order valence-electron chi connectivity index (χ4n) is 0.492. The van der Waals surface area contributed by atoms with Crippen LogP contribution in [0, 0.1) is 0 Å². The molecule has 0 saturated heterocycles. The van der Waals surface area contributed by atoms with Crippen molar-refractivity contribution in [1.82, 2.24) is 0 Å². The quantitative estimate of drug-likeness (QED) is 0.505. The van der Waals surface area contributed by atoms with Crippen LogP contribution in [0.4, 0.5) is 0 Å². The zero-order chi connectivity index (χ0) is 7.49. The van der Waals surface area contributed by atoms with Crippen molar-refractivity contribution in [3.63, 3.8) is 0 Å². The van der Waals surface area contributed by atoms with Crippen LogP contribution in [0.25, 0.3) is 0 Å². The van der Waals surface area contributed by atoms with Crippen LogP contribution in [0.1, 0.15) is 6.92 Å². The fourth-order valence-corrected chi connectivity index (χ4v) is 0.492. The average molecular weight is 134 g/mol. The van der Waals surface area contributed by atoms with Crippen LogP contribution >= 0.6 is 0 Å². The van der Waals surface area contributed by atoms with Crippen molar-refractivity contribution in [2.24, 2.45) is 0 Å². The van der Waals surface area contributed by atoms with E-state index in [-0.39, 0.29) is 0 Å². The largest absolute Gasteiger partial charge is 0.313 e. The van der Waals surface area contributed by atoms with E-state index >= 15 is 0 Å². The van der Waals surface area contributed by atoms with Gasteiger partial charge in [-0.1, -0.05) is 0 Å². The Hall–Kier alpha value is -0.120. The lowest BCUT2D eigenvalue weighted by atomic mass is 10.5. The molecule has 0 aromatic heterocycles. The van der Waals surface area contributed by atoms with E-state index in [4.69, 9.17) is 9.47 Å². The molecule has 56 valence electrons.